The van der Waals surface area contributed by atoms with Crippen molar-refractivity contribution in [1.82, 2.24) is 5.43 Å². The largest absolute Gasteiger partial charge is 0.271 e. The molecule has 0 aliphatic rings. The molecule has 0 bridgehead atoms. The zero-order chi connectivity index (χ0) is 13.4. The monoisotopic (exact) mass is 254 g/mol. The van der Waals surface area contributed by atoms with Gasteiger partial charge in [0, 0.05) is 17.7 Å². The van der Waals surface area contributed by atoms with Crippen LogP contribution in [0.4, 0.5) is 8.78 Å². The molecule has 2 nitrogen and oxygen atoms in total. The highest BCUT2D eigenvalue weighted by Crippen LogP contribution is 2.22. The molecule has 0 aliphatic carbocycles. The number of halogens is 2. The van der Waals surface area contributed by atoms with Gasteiger partial charge in [0.1, 0.15) is 11.6 Å². The van der Waals surface area contributed by atoms with Crippen LogP contribution >= 0.6 is 0 Å². The first kappa shape index (κ1) is 14.8. The second-order valence-corrected chi connectivity index (χ2v) is 4.31. The minimum Gasteiger partial charge on any atom is -0.271 e. The van der Waals surface area contributed by atoms with Crippen molar-refractivity contribution in [3.05, 3.63) is 48.1 Å². The minimum absolute atomic E-state index is 0.269. The van der Waals surface area contributed by atoms with Crippen molar-refractivity contribution in [2.45, 2.75) is 38.1 Å². The van der Waals surface area contributed by atoms with E-state index in [9.17, 15) is 8.78 Å². The Balaban J connectivity index is 2.52. The van der Waals surface area contributed by atoms with Gasteiger partial charge >= 0.3 is 0 Å². The van der Waals surface area contributed by atoms with Crippen molar-refractivity contribution >= 4 is 0 Å². The van der Waals surface area contributed by atoms with E-state index < -0.39 is 11.6 Å². The molecule has 0 radical (unpaired) electrons. The van der Waals surface area contributed by atoms with Crippen LogP contribution < -0.4 is 11.3 Å². The van der Waals surface area contributed by atoms with Crippen molar-refractivity contribution in [3.8, 4) is 0 Å². The lowest BCUT2D eigenvalue weighted by molar-refractivity contribution is 0.459. The first-order valence-corrected chi connectivity index (χ1v) is 6.21. The smallest absolute Gasteiger partial charge is 0.130 e. The Morgan fingerprint density at radius 3 is 2.67 bits per heavy atom. The summed E-state index contributed by atoms with van der Waals surface area (Å²) in [6.45, 7) is 3.66. The van der Waals surface area contributed by atoms with Crippen LogP contribution in [-0.2, 0) is 0 Å². The van der Waals surface area contributed by atoms with Crippen molar-refractivity contribution < 1.29 is 8.78 Å². The van der Waals surface area contributed by atoms with E-state index in [0.29, 0.717) is 5.56 Å². The molecule has 1 unspecified atom stereocenters. The number of nitrogens with two attached hydrogens (primary N) is 1. The third-order valence-corrected chi connectivity index (χ3v) is 2.94. The van der Waals surface area contributed by atoms with E-state index in [2.05, 4.69) is 12.0 Å². The zero-order valence-corrected chi connectivity index (χ0v) is 10.5. The van der Waals surface area contributed by atoms with Gasteiger partial charge < -0.3 is 0 Å². The number of hydrogen-bond acceptors (Lipinski definition) is 2. The fraction of sp³-hybridized carbons (Fsp3) is 0.429. The fourth-order valence-corrected chi connectivity index (χ4v) is 1.93. The Kier molecular flexibility index (Phi) is 6.54. The second-order valence-electron chi connectivity index (χ2n) is 4.31. The quantitative estimate of drug-likeness (QED) is 0.322. The Morgan fingerprint density at radius 1 is 1.28 bits per heavy atom. The molecular weight excluding hydrogens is 234 g/mol. The molecule has 18 heavy (non-hydrogen) atoms. The molecule has 4 heteroatoms. The Labute approximate surface area is 107 Å². The highest BCUT2D eigenvalue weighted by atomic mass is 19.1. The molecule has 1 aromatic carbocycles. The van der Waals surface area contributed by atoms with Gasteiger partial charge in [-0.05, 0) is 25.3 Å². The number of hydrogen-bond donors (Lipinski definition) is 2. The molecule has 0 saturated heterocycles. The fourth-order valence-electron chi connectivity index (χ4n) is 1.93. The zero-order valence-electron chi connectivity index (χ0n) is 10.5. The summed E-state index contributed by atoms with van der Waals surface area (Å²) in [5.74, 6) is 4.30. The SMILES string of the molecule is C=CCCCCCC(NN)c1ccc(F)cc1F. The first-order valence-electron chi connectivity index (χ1n) is 6.21. The van der Waals surface area contributed by atoms with Crippen molar-refractivity contribution in [2.75, 3.05) is 0 Å². The third-order valence-electron chi connectivity index (χ3n) is 2.94. The lowest BCUT2D eigenvalue weighted by atomic mass is 10.00. The summed E-state index contributed by atoms with van der Waals surface area (Å²) < 4.78 is 26.4. The van der Waals surface area contributed by atoms with E-state index in [-0.39, 0.29) is 6.04 Å². The Morgan fingerprint density at radius 2 is 2.06 bits per heavy atom. The molecule has 0 spiro atoms. The normalized spacial score (nSPS) is 12.4. The van der Waals surface area contributed by atoms with Gasteiger partial charge in [-0.15, -0.1) is 6.58 Å². The van der Waals surface area contributed by atoms with Crippen LogP contribution in [0.3, 0.4) is 0 Å². The Hall–Kier alpha value is -1.26. The predicted molar refractivity (Wildman–Crippen MR) is 69.7 cm³/mol. The maximum atomic E-state index is 13.6. The first-order chi connectivity index (χ1) is 8.69. The van der Waals surface area contributed by atoms with Gasteiger partial charge in [0.2, 0.25) is 0 Å². The number of nitrogens with one attached hydrogen (secondary N) is 1. The van der Waals surface area contributed by atoms with E-state index >= 15 is 0 Å². The second kappa shape index (κ2) is 7.95. The molecule has 1 aromatic rings. The average molecular weight is 254 g/mol. The van der Waals surface area contributed by atoms with E-state index in [1.165, 1.54) is 12.1 Å². The van der Waals surface area contributed by atoms with E-state index in [4.69, 9.17) is 5.84 Å². The van der Waals surface area contributed by atoms with Gasteiger partial charge in [-0.2, -0.15) is 0 Å². The molecule has 1 rings (SSSR count). The summed E-state index contributed by atoms with van der Waals surface area (Å²) in [6, 6.07) is 3.31. The summed E-state index contributed by atoms with van der Waals surface area (Å²) in [5, 5.41) is 0. The van der Waals surface area contributed by atoms with Gasteiger partial charge in [-0.3, -0.25) is 11.3 Å². The van der Waals surface area contributed by atoms with Crippen molar-refractivity contribution in [1.29, 1.82) is 0 Å². The van der Waals surface area contributed by atoms with Gasteiger partial charge in [0.25, 0.3) is 0 Å². The van der Waals surface area contributed by atoms with Crippen molar-refractivity contribution in [2.24, 2.45) is 5.84 Å². The van der Waals surface area contributed by atoms with Crippen LogP contribution in [0.1, 0.15) is 43.7 Å². The summed E-state index contributed by atoms with van der Waals surface area (Å²) in [6.07, 6.45) is 6.68. The number of benzene rings is 1. The summed E-state index contributed by atoms with van der Waals surface area (Å²) >= 11 is 0. The van der Waals surface area contributed by atoms with Crippen LogP contribution in [0.5, 0.6) is 0 Å². The maximum absolute atomic E-state index is 13.6. The van der Waals surface area contributed by atoms with Crippen LogP contribution in [-0.4, -0.2) is 0 Å². The van der Waals surface area contributed by atoms with E-state index in [0.717, 1.165) is 38.2 Å². The highest BCUT2D eigenvalue weighted by Gasteiger charge is 2.14. The standard InChI is InChI=1S/C14H20F2N2/c1-2-3-4-5-6-7-14(18-17)12-9-8-11(15)10-13(12)16/h2,8-10,14,18H,1,3-7,17H2. The molecule has 0 fully saturated rings. The summed E-state index contributed by atoms with van der Waals surface area (Å²) in [7, 11) is 0. The number of rotatable bonds is 8. The number of hydrazine groups is 1. The maximum Gasteiger partial charge on any atom is 0.130 e. The molecule has 0 heterocycles. The predicted octanol–water partition coefficient (Wildman–Crippen LogP) is 3.61. The summed E-state index contributed by atoms with van der Waals surface area (Å²) in [5.41, 5.74) is 3.01. The highest BCUT2D eigenvalue weighted by molar-refractivity contribution is 5.21. The van der Waals surface area contributed by atoms with Gasteiger partial charge in [-0.1, -0.05) is 25.0 Å². The van der Waals surface area contributed by atoms with E-state index in [1.807, 2.05) is 6.08 Å². The average Bonchev–Trinajstić information content (AvgIpc) is 2.35. The van der Waals surface area contributed by atoms with Gasteiger partial charge in [0.05, 0.1) is 0 Å². The molecule has 0 saturated carbocycles. The molecule has 100 valence electrons. The molecule has 0 amide bonds. The molecule has 3 N–H and O–H groups in total. The molecule has 1 atom stereocenters. The van der Waals surface area contributed by atoms with Crippen LogP contribution in [0, 0.1) is 11.6 Å². The minimum atomic E-state index is -0.571. The van der Waals surface area contributed by atoms with Gasteiger partial charge in [0.15, 0.2) is 0 Å². The third kappa shape index (κ3) is 4.55. The van der Waals surface area contributed by atoms with Crippen molar-refractivity contribution in [3.63, 3.8) is 0 Å². The molecular formula is C14H20F2N2. The summed E-state index contributed by atoms with van der Waals surface area (Å²) in [4.78, 5) is 0. The van der Waals surface area contributed by atoms with E-state index in [1.54, 1.807) is 0 Å². The molecule has 0 aliphatic heterocycles. The topological polar surface area (TPSA) is 38.0 Å². The van der Waals surface area contributed by atoms with Crippen LogP contribution in [0.2, 0.25) is 0 Å². The Bertz CT molecular complexity index is 380. The number of unbranched alkanes of at least 4 members (excludes halogenated alkanes) is 3. The molecule has 0 aromatic heterocycles. The number of allylic oxidation sites excluding steroid dienone is 1. The van der Waals surface area contributed by atoms with Crippen LogP contribution in [0.25, 0.3) is 0 Å². The van der Waals surface area contributed by atoms with Gasteiger partial charge in [-0.25, -0.2) is 8.78 Å². The lowest BCUT2D eigenvalue weighted by Gasteiger charge is -2.16. The van der Waals surface area contributed by atoms with Crippen LogP contribution in [0.15, 0.2) is 30.9 Å². The lowest BCUT2D eigenvalue weighted by Crippen LogP contribution is -2.28.